The fourth-order valence-electron chi connectivity index (χ4n) is 7.39. The Morgan fingerprint density at radius 2 is 1.90 bits per heavy atom. The average Bonchev–Trinajstić information content (AvgIpc) is 3.54. The molecule has 0 unspecified atom stereocenters. The van der Waals surface area contributed by atoms with E-state index in [1.54, 1.807) is 35.1 Å². The molecule has 6 heterocycles. The van der Waals surface area contributed by atoms with Crippen molar-refractivity contribution in [2.75, 3.05) is 31.6 Å². The first-order chi connectivity index (χ1) is 25.3. The second-order valence-electron chi connectivity index (χ2n) is 13.5. The fraction of sp³-hybridized carbons (Fsp3) is 0.378. The summed E-state index contributed by atoms with van der Waals surface area (Å²) in [6.07, 6.45) is 6.32. The van der Waals surface area contributed by atoms with Crippen LogP contribution in [0.15, 0.2) is 61.2 Å². The van der Waals surface area contributed by atoms with Crippen molar-refractivity contribution < 1.29 is 23.4 Å². The molecular formula is C37H37FN10O4. The minimum absolute atomic E-state index is 0.0542. The fourth-order valence-corrected chi connectivity index (χ4v) is 7.39. The number of amides is 1. The lowest BCUT2D eigenvalue weighted by molar-refractivity contribution is -0.133. The van der Waals surface area contributed by atoms with Gasteiger partial charge < -0.3 is 28.6 Å². The van der Waals surface area contributed by atoms with Crippen LogP contribution in [0.2, 0.25) is 0 Å². The molecule has 1 saturated carbocycles. The number of halogens is 1. The summed E-state index contributed by atoms with van der Waals surface area (Å²) in [6, 6.07) is 11.8. The van der Waals surface area contributed by atoms with Gasteiger partial charge in [-0.3, -0.25) is 4.79 Å². The van der Waals surface area contributed by atoms with Crippen molar-refractivity contribution in [3.63, 3.8) is 0 Å². The van der Waals surface area contributed by atoms with Crippen LogP contribution in [0.3, 0.4) is 0 Å². The predicted molar refractivity (Wildman–Crippen MR) is 189 cm³/mol. The van der Waals surface area contributed by atoms with Crippen molar-refractivity contribution in [2.24, 2.45) is 0 Å². The number of para-hydroxylation sites is 1. The first kappa shape index (κ1) is 32.2. The van der Waals surface area contributed by atoms with E-state index in [-0.39, 0.29) is 24.1 Å². The summed E-state index contributed by atoms with van der Waals surface area (Å²) in [5.74, 6) is 1.26. The van der Waals surface area contributed by atoms with Gasteiger partial charge >= 0.3 is 6.01 Å². The van der Waals surface area contributed by atoms with Gasteiger partial charge in [0, 0.05) is 44.4 Å². The number of likely N-dealkylation sites (N-methyl/N-ethyl adjacent to an activating group) is 1. The molecule has 0 radical (unpaired) electrons. The van der Waals surface area contributed by atoms with Gasteiger partial charge in [0.1, 0.15) is 47.4 Å². The minimum atomic E-state index is -0.634. The van der Waals surface area contributed by atoms with Gasteiger partial charge in [0.05, 0.1) is 53.6 Å². The molecule has 1 saturated heterocycles. The van der Waals surface area contributed by atoms with Gasteiger partial charge in [-0.15, -0.1) is 0 Å². The molecule has 6 aromatic rings. The molecule has 3 atom stereocenters. The molecular weight excluding hydrogens is 667 g/mol. The van der Waals surface area contributed by atoms with E-state index < -0.39 is 18.0 Å². The number of aromatic nitrogens is 8. The Kier molecular flexibility index (Phi) is 7.94. The van der Waals surface area contributed by atoms with Crippen LogP contribution in [0, 0.1) is 12.7 Å². The van der Waals surface area contributed by atoms with E-state index in [0.717, 1.165) is 35.3 Å². The molecule has 15 heteroatoms. The van der Waals surface area contributed by atoms with Crippen LogP contribution in [-0.2, 0) is 16.1 Å². The third-order valence-electron chi connectivity index (χ3n) is 9.91. The lowest BCUT2D eigenvalue weighted by Crippen LogP contribution is -2.47. The molecule has 14 nitrogen and oxygen atoms in total. The zero-order chi connectivity index (χ0) is 35.5. The summed E-state index contributed by atoms with van der Waals surface area (Å²) >= 11 is 0. The van der Waals surface area contributed by atoms with E-state index >= 15 is 0 Å². The molecule has 1 amide bonds. The summed E-state index contributed by atoms with van der Waals surface area (Å²) in [5.41, 5.74) is 4.45. The summed E-state index contributed by atoms with van der Waals surface area (Å²) < 4.78 is 36.9. The van der Waals surface area contributed by atoms with Crippen molar-refractivity contribution in [2.45, 2.75) is 64.0 Å². The second kappa shape index (κ2) is 12.8. The number of anilines is 1. The molecule has 0 spiro atoms. The normalized spacial score (nSPS) is 20.6. The van der Waals surface area contributed by atoms with Gasteiger partial charge in [0.15, 0.2) is 5.65 Å². The Bertz CT molecular complexity index is 2320. The van der Waals surface area contributed by atoms with Gasteiger partial charge in [-0.2, -0.15) is 10.1 Å². The van der Waals surface area contributed by atoms with Crippen molar-refractivity contribution in [1.82, 2.24) is 44.2 Å². The summed E-state index contributed by atoms with van der Waals surface area (Å²) in [4.78, 5) is 41.6. The van der Waals surface area contributed by atoms with Crippen molar-refractivity contribution in [3.05, 3.63) is 72.8 Å². The average molecular weight is 705 g/mol. The van der Waals surface area contributed by atoms with E-state index in [4.69, 9.17) is 29.2 Å². The molecule has 3 aliphatic rings. The molecule has 52 heavy (non-hydrogen) atoms. The number of nitrogens with zero attached hydrogens (tertiary/aromatic N) is 10. The molecule has 2 aliphatic heterocycles. The standard InChI is InChI=1S/C37H37FN10O4/c1-4-50-25-17-45(3)36(49)31-15-24(52-37-39-13-12-28(44-37)26-6-5-7-29-33(26)46(19-25)21(2)43-29)18-47(31)34-27-16-42-48(35(27)41-20-40-34)30-11-8-22(38)14-32(30)51-23-9-10-23/h5-8,11-14,16,20,23-25,31H,4,9-10,15,17-19H2,1-3H3/t24-,25+,31-/m0/s1. The summed E-state index contributed by atoms with van der Waals surface area (Å²) in [7, 11) is 1.80. The van der Waals surface area contributed by atoms with Crippen LogP contribution in [-0.4, -0.2) is 101 Å². The third-order valence-corrected chi connectivity index (χ3v) is 9.91. The largest absolute Gasteiger partial charge is 0.488 e. The predicted octanol–water partition coefficient (Wildman–Crippen LogP) is 4.51. The highest BCUT2D eigenvalue weighted by Crippen LogP contribution is 2.36. The zero-order valence-electron chi connectivity index (χ0n) is 29.0. The zero-order valence-corrected chi connectivity index (χ0v) is 29.0. The van der Waals surface area contributed by atoms with Gasteiger partial charge in [0.25, 0.3) is 0 Å². The molecule has 2 aromatic carbocycles. The maximum atomic E-state index is 14.5. The molecule has 2 fully saturated rings. The number of rotatable bonds is 6. The Morgan fingerprint density at radius 3 is 2.75 bits per heavy atom. The molecule has 9 rings (SSSR count). The van der Waals surface area contributed by atoms with Crippen LogP contribution < -0.4 is 14.4 Å². The van der Waals surface area contributed by atoms with Crippen molar-refractivity contribution >= 4 is 33.8 Å². The lowest BCUT2D eigenvalue weighted by Gasteiger charge is -2.31. The van der Waals surface area contributed by atoms with Gasteiger partial charge in [-0.1, -0.05) is 12.1 Å². The third kappa shape index (κ3) is 5.74. The lowest BCUT2D eigenvalue weighted by atomic mass is 10.1. The number of aryl methyl sites for hydroxylation is 1. The molecule has 1 aliphatic carbocycles. The van der Waals surface area contributed by atoms with Crippen LogP contribution in [0.5, 0.6) is 11.8 Å². The number of benzene rings is 2. The Balaban J connectivity index is 1.12. The Labute approximate surface area is 298 Å². The smallest absolute Gasteiger partial charge is 0.317 e. The first-order valence-electron chi connectivity index (χ1n) is 17.6. The Hall–Kier alpha value is -5.70. The maximum Gasteiger partial charge on any atom is 0.317 e. The number of hydrogen-bond acceptors (Lipinski definition) is 11. The summed E-state index contributed by atoms with van der Waals surface area (Å²) in [5, 5.41) is 5.28. The van der Waals surface area contributed by atoms with Crippen molar-refractivity contribution in [1.29, 1.82) is 0 Å². The first-order valence-corrected chi connectivity index (χ1v) is 17.6. The maximum absolute atomic E-state index is 14.5. The number of imidazole rings is 1. The van der Waals surface area contributed by atoms with E-state index in [0.29, 0.717) is 66.6 Å². The molecule has 4 aromatic heterocycles. The highest BCUT2D eigenvalue weighted by atomic mass is 19.1. The van der Waals surface area contributed by atoms with Gasteiger partial charge in [-0.25, -0.2) is 29.0 Å². The van der Waals surface area contributed by atoms with Crippen LogP contribution in [0.4, 0.5) is 10.2 Å². The monoisotopic (exact) mass is 704 g/mol. The molecule has 4 bridgehead atoms. The second-order valence-corrected chi connectivity index (χ2v) is 13.5. The number of hydrogen-bond donors (Lipinski definition) is 0. The number of carbonyl (C=O) groups is 1. The number of ether oxygens (including phenoxy) is 3. The molecule has 266 valence electrons. The molecule has 0 N–H and O–H groups in total. The van der Waals surface area contributed by atoms with Crippen molar-refractivity contribution in [3.8, 4) is 28.7 Å². The van der Waals surface area contributed by atoms with Crippen LogP contribution >= 0.6 is 0 Å². The summed E-state index contributed by atoms with van der Waals surface area (Å²) in [6.45, 7) is 5.58. The minimum Gasteiger partial charge on any atom is -0.488 e. The highest BCUT2D eigenvalue weighted by Gasteiger charge is 2.42. The van der Waals surface area contributed by atoms with Crippen LogP contribution in [0.25, 0.3) is 39.0 Å². The van der Waals surface area contributed by atoms with E-state index in [1.807, 2.05) is 43.0 Å². The highest BCUT2D eigenvalue weighted by molar-refractivity contribution is 5.93. The quantitative estimate of drug-likeness (QED) is 0.242. The number of fused-ring (bicyclic) bond motifs is 6. The van der Waals surface area contributed by atoms with E-state index in [2.05, 4.69) is 19.6 Å². The number of carbonyl (C=O) groups excluding carboxylic acids is 1. The topological polar surface area (TPSA) is 138 Å². The SMILES string of the molecule is CCO[C@@H]1CN(C)C(=O)[C@@H]2C[C@@H](CN2c2ncnc3c2cnn3-c2ccc(F)cc2OC2CC2)Oc2nccc(n2)-c2cccc3nc(C)n(c23)C1. The van der Waals surface area contributed by atoms with E-state index in [9.17, 15) is 9.18 Å². The van der Waals surface area contributed by atoms with Gasteiger partial charge in [-0.05, 0) is 51.0 Å². The Morgan fingerprint density at radius 1 is 1.02 bits per heavy atom. The van der Waals surface area contributed by atoms with Gasteiger partial charge in [0.2, 0.25) is 5.91 Å². The van der Waals surface area contributed by atoms with Crippen LogP contribution in [0.1, 0.15) is 32.0 Å². The van der Waals surface area contributed by atoms with E-state index in [1.165, 1.54) is 18.5 Å².